The number of nitrogen functional groups attached to an aromatic ring is 1. The quantitative estimate of drug-likeness (QED) is 0.829. The van der Waals surface area contributed by atoms with Crippen molar-refractivity contribution in [2.24, 2.45) is 0 Å². The van der Waals surface area contributed by atoms with Crippen LogP contribution in [0.25, 0.3) is 0 Å². The molecule has 6 heteroatoms. The number of nitrogens with two attached hydrogens (primary N) is 1. The third kappa shape index (κ3) is 2.21. The number of thiazole rings is 1. The summed E-state index contributed by atoms with van der Waals surface area (Å²) in [5.41, 5.74) is 5.49. The Hall–Kier alpha value is -1.69. The van der Waals surface area contributed by atoms with Crippen LogP contribution >= 0.6 is 11.3 Å². The summed E-state index contributed by atoms with van der Waals surface area (Å²) < 4.78 is 26.0. The van der Waals surface area contributed by atoms with Gasteiger partial charge in [-0.3, -0.25) is 0 Å². The Labute approximate surface area is 88.6 Å². The van der Waals surface area contributed by atoms with Crippen molar-refractivity contribution >= 4 is 27.2 Å². The van der Waals surface area contributed by atoms with Crippen molar-refractivity contribution in [3.8, 4) is 0 Å². The van der Waals surface area contributed by atoms with E-state index in [9.17, 15) is 8.78 Å². The largest absolute Gasteiger partial charge is 0.389 e. The third-order valence-electron chi connectivity index (χ3n) is 1.69. The van der Waals surface area contributed by atoms with Crippen LogP contribution in [0.5, 0.6) is 0 Å². The number of nitrogens with zero attached hydrogens (tertiary/aromatic N) is 1. The Balaban J connectivity index is 2.27. The molecule has 0 aliphatic heterocycles. The van der Waals surface area contributed by atoms with Crippen molar-refractivity contribution in [2.45, 2.75) is 0 Å². The lowest BCUT2D eigenvalue weighted by Crippen LogP contribution is -1.93. The molecular formula is C9H7F2N3S. The van der Waals surface area contributed by atoms with Gasteiger partial charge in [-0.2, -0.15) is 0 Å². The molecule has 0 fully saturated rings. The van der Waals surface area contributed by atoms with E-state index in [0.717, 1.165) is 29.5 Å². The Bertz CT molecular complexity index is 484. The van der Waals surface area contributed by atoms with Crippen molar-refractivity contribution in [2.75, 3.05) is 11.1 Å². The van der Waals surface area contributed by atoms with Crippen LogP contribution in [-0.2, 0) is 0 Å². The van der Waals surface area contributed by atoms with Crippen LogP contribution < -0.4 is 11.1 Å². The maximum atomic E-state index is 13.2. The zero-order chi connectivity index (χ0) is 10.8. The molecule has 2 rings (SSSR count). The fourth-order valence-electron chi connectivity index (χ4n) is 1.05. The van der Waals surface area contributed by atoms with E-state index in [4.69, 9.17) is 5.73 Å². The highest BCUT2D eigenvalue weighted by Crippen LogP contribution is 2.25. The van der Waals surface area contributed by atoms with Crippen LogP contribution in [0.1, 0.15) is 0 Å². The van der Waals surface area contributed by atoms with Gasteiger partial charge in [-0.15, -0.1) is 0 Å². The third-order valence-corrected chi connectivity index (χ3v) is 2.44. The molecule has 0 aliphatic carbocycles. The van der Waals surface area contributed by atoms with E-state index in [2.05, 4.69) is 10.3 Å². The minimum Gasteiger partial charge on any atom is -0.389 e. The normalized spacial score (nSPS) is 10.3. The molecule has 78 valence electrons. The molecule has 0 spiro atoms. The predicted octanol–water partition coefficient (Wildman–Crippen LogP) is 2.75. The first-order valence-electron chi connectivity index (χ1n) is 4.08. The van der Waals surface area contributed by atoms with E-state index < -0.39 is 11.6 Å². The van der Waals surface area contributed by atoms with Crippen LogP contribution in [0, 0.1) is 11.6 Å². The van der Waals surface area contributed by atoms with E-state index in [-0.39, 0.29) is 5.69 Å². The molecular weight excluding hydrogens is 220 g/mol. The molecule has 0 amide bonds. The van der Waals surface area contributed by atoms with Gasteiger partial charge in [0.05, 0.1) is 11.9 Å². The lowest BCUT2D eigenvalue weighted by atomic mass is 10.3. The second-order valence-corrected chi connectivity index (χ2v) is 3.88. The van der Waals surface area contributed by atoms with Crippen LogP contribution in [0.15, 0.2) is 24.4 Å². The predicted molar refractivity (Wildman–Crippen MR) is 56.2 cm³/mol. The summed E-state index contributed by atoms with van der Waals surface area (Å²) in [5, 5.41) is 3.58. The zero-order valence-electron chi connectivity index (χ0n) is 7.50. The number of aromatic nitrogens is 1. The van der Waals surface area contributed by atoms with Gasteiger partial charge in [0.1, 0.15) is 16.6 Å². The van der Waals surface area contributed by atoms with Gasteiger partial charge in [-0.05, 0) is 12.1 Å². The summed E-state index contributed by atoms with van der Waals surface area (Å²) in [4.78, 5) is 3.88. The highest BCUT2D eigenvalue weighted by atomic mass is 32.1. The van der Waals surface area contributed by atoms with Crippen molar-refractivity contribution in [1.29, 1.82) is 0 Å². The van der Waals surface area contributed by atoms with Crippen LogP contribution in [0.3, 0.4) is 0 Å². The van der Waals surface area contributed by atoms with Crippen molar-refractivity contribution in [3.63, 3.8) is 0 Å². The van der Waals surface area contributed by atoms with Gasteiger partial charge in [0.2, 0.25) is 0 Å². The Kier molecular flexibility index (Phi) is 2.51. The average Bonchev–Trinajstić information content (AvgIpc) is 2.58. The number of hydrogen-bond acceptors (Lipinski definition) is 4. The first kappa shape index (κ1) is 9.85. The fraction of sp³-hybridized carbons (Fsp3) is 0. The second-order valence-electron chi connectivity index (χ2n) is 2.82. The van der Waals surface area contributed by atoms with E-state index >= 15 is 0 Å². The summed E-state index contributed by atoms with van der Waals surface area (Å²) in [7, 11) is 0. The lowest BCUT2D eigenvalue weighted by Gasteiger charge is -2.03. The molecule has 0 bridgehead atoms. The minimum atomic E-state index is -0.537. The van der Waals surface area contributed by atoms with Crippen molar-refractivity contribution in [1.82, 2.24) is 4.98 Å². The summed E-state index contributed by atoms with van der Waals surface area (Å²) in [6, 6.07) is 3.16. The molecule has 1 heterocycles. The molecule has 3 nitrogen and oxygen atoms in total. The van der Waals surface area contributed by atoms with E-state index in [1.54, 1.807) is 0 Å². The topological polar surface area (TPSA) is 50.9 Å². The molecule has 2 aromatic rings. The first-order chi connectivity index (χ1) is 7.15. The molecule has 0 saturated heterocycles. The molecule has 15 heavy (non-hydrogen) atoms. The maximum absolute atomic E-state index is 13.2. The molecule has 1 aromatic carbocycles. The Morgan fingerprint density at radius 1 is 1.33 bits per heavy atom. The van der Waals surface area contributed by atoms with Gasteiger partial charge in [0.15, 0.2) is 5.13 Å². The Morgan fingerprint density at radius 3 is 2.80 bits per heavy atom. The SMILES string of the molecule is Nc1cnc(Nc2cc(F)ccc2F)s1. The van der Waals surface area contributed by atoms with E-state index in [0.29, 0.717) is 10.1 Å². The number of anilines is 3. The van der Waals surface area contributed by atoms with Crippen LogP contribution in [-0.4, -0.2) is 4.98 Å². The Morgan fingerprint density at radius 2 is 2.13 bits per heavy atom. The van der Waals surface area contributed by atoms with E-state index in [1.807, 2.05) is 0 Å². The number of hydrogen-bond donors (Lipinski definition) is 2. The number of nitrogens with one attached hydrogen (secondary N) is 1. The van der Waals surface area contributed by atoms with Gasteiger partial charge in [-0.25, -0.2) is 13.8 Å². The van der Waals surface area contributed by atoms with Gasteiger partial charge < -0.3 is 11.1 Å². The molecule has 3 N–H and O–H groups in total. The van der Waals surface area contributed by atoms with Crippen LogP contribution in [0.2, 0.25) is 0 Å². The fourth-order valence-corrected chi connectivity index (χ4v) is 1.65. The zero-order valence-corrected chi connectivity index (χ0v) is 8.31. The second kappa shape index (κ2) is 3.82. The molecule has 0 saturated carbocycles. The average molecular weight is 227 g/mol. The van der Waals surface area contributed by atoms with E-state index in [1.165, 1.54) is 6.20 Å². The standard InChI is InChI=1S/C9H7F2N3S/c10-5-1-2-6(11)7(3-5)14-9-13-4-8(12)15-9/h1-4H,12H2,(H,13,14). The smallest absolute Gasteiger partial charge is 0.189 e. The van der Waals surface area contributed by atoms with Crippen molar-refractivity contribution in [3.05, 3.63) is 36.0 Å². The molecule has 1 aromatic heterocycles. The van der Waals surface area contributed by atoms with Gasteiger partial charge in [-0.1, -0.05) is 11.3 Å². The lowest BCUT2D eigenvalue weighted by molar-refractivity contribution is 0.603. The summed E-state index contributed by atoms with van der Waals surface area (Å²) in [6.07, 6.45) is 1.45. The van der Waals surface area contributed by atoms with Gasteiger partial charge in [0.25, 0.3) is 0 Å². The number of benzene rings is 1. The maximum Gasteiger partial charge on any atom is 0.189 e. The summed E-state index contributed by atoms with van der Waals surface area (Å²) >= 11 is 1.16. The minimum absolute atomic E-state index is 0.0457. The molecule has 0 atom stereocenters. The summed E-state index contributed by atoms with van der Waals surface area (Å²) in [5.74, 6) is -1.05. The summed E-state index contributed by atoms with van der Waals surface area (Å²) in [6.45, 7) is 0. The highest BCUT2D eigenvalue weighted by molar-refractivity contribution is 7.19. The molecule has 0 aliphatic rings. The van der Waals surface area contributed by atoms with Gasteiger partial charge >= 0.3 is 0 Å². The number of rotatable bonds is 2. The highest BCUT2D eigenvalue weighted by Gasteiger charge is 2.06. The molecule has 0 radical (unpaired) electrons. The number of halogens is 2. The monoisotopic (exact) mass is 227 g/mol. The molecule has 0 unspecified atom stereocenters. The van der Waals surface area contributed by atoms with Gasteiger partial charge in [0, 0.05) is 6.07 Å². The van der Waals surface area contributed by atoms with Crippen LogP contribution in [0.4, 0.5) is 24.6 Å². The van der Waals surface area contributed by atoms with Crippen molar-refractivity contribution < 1.29 is 8.78 Å². The first-order valence-corrected chi connectivity index (χ1v) is 4.90.